The molecule has 0 amide bonds. The molecule has 4 atom stereocenters. The second-order valence-corrected chi connectivity index (χ2v) is 11.0. The molecule has 2 heteroatoms. The lowest BCUT2D eigenvalue weighted by atomic mass is 9.78. The van der Waals surface area contributed by atoms with Crippen molar-refractivity contribution in [1.29, 1.82) is 0 Å². The van der Waals surface area contributed by atoms with Crippen molar-refractivity contribution in [2.24, 2.45) is 17.8 Å². The maximum Gasteiger partial charge on any atom is 0.0438 e. The van der Waals surface area contributed by atoms with Crippen LogP contribution < -0.4 is 5.32 Å². The number of nitrogens with one attached hydrogen (secondary N) is 1. The fraction of sp³-hybridized carbons (Fsp3) is 0.600. The molecule has 2 aromatic carbocycles. The summed E-state index contributed by atoms with van der Waals surface area (Å²) in [4.78, 5) is 0. The molecule has 1 nitrogen and oxygen atoms in total. The van der Waals surface area contributed by atoms with Gasteiger partial charge in [0.1, 0.15) is 0 Å². The molecule has 1 aliphatic rings. The molecule has 0 saturated heterocycles. The number of hydrogen-bond donors (Lipinski definition) is 1. The Morgan fingerprint density at radius 3 is 2.59 bits per heavy atom. The fourth-order valence-corrected chi connectivity index (χ4v) is 5.90. The van der Waals surface area contributed by atoms with Crippen molar-refractivity contribution < 1.29 is 0 Å². The van der Waals surface area contributed by atoms with E-state index in [1.165, 1.54) is 55.2 Å². The Hall–Kier alpha value is -1.31. The molecule has 0 bridgehead atoms. The summed E-state index contributed by atoms with van der Waals surface area (Å²) in [5.41, 5.74) is 7.21. The first-order chi connectivity index (χ1) is 15.3. The van der Waals surface area contributed by atoms with Crippen molar-refractivity contribution in [3.8, 4) is 0 Å². The largest absolute Gasteiger partial charge is 0.316 e. The van der Waals surface area contributed by atoms with Crippen LogP contribution in [0.3, 0.4) is 0 Å². The van der Waals surface area contributed by atoms with E-state index in [2.05, 4.69) is 70.3 Å². The summed E-state index contributed by atoms with van der Waals surface area (Å²) in [6.07, 6.45) is 8.79. The molecule has 2 aromatic rings. The van der Waals surface area contributed by atoms with Crippen molar-refractivity contribution in [3.05, 3.63) is 69.2 Å². The Morgan fingerprint density at radius 2 is 1.78 bits per heavy atom. The minimum absolute atomic E-state index is 0.664. The van der Waals surface area contributed by atoms with Crippen LogP contribution in [-0.2, 0) is 12.8 Å². The predicted octanol–water partition coefficient (Wildman–Crippen LogP) is 8.29. The highest BCUT2D eigenvalue weighted by Gasteiger charge is 2.28. The van der Waals surface area contributed by atoms with E-state index in [4.69, 9.17) is 11.6 Å². The second-order valence-electron chi connectivity index (χ2n) is 10.6. The van der Waals surface area contributed by atoms with Crippen molar-refractivity contribution in [2.75, 3.05) is 13.1 Å². The van der Waals surface area contributed by atoms with E-state index in [1.54, 1.807) is 11.1 Å². The quantitative estimate of drug-likeness (QED) is 0.281. The van der Waals surface area contributed by atoms with E-state index >= 15 is 0 Å². The molecule has 3 rings (SSSR count). The van der Waals surface area contributed by atoms with Crippen molar-refractivity contribution in [1.82, 2.24) is 5.32 Å². The van der Waals surface area contributed by atoms with Crippen molar-refractivity contribution in [2.45, 2.75) is 85.5 Å². The van der Waals surface area contributed by atoms with Crippen LogP contribution in [0, 0.1) is 31.6 Å². The minimum atomic E-state index is 0.664. The summed E-state index contributed by atoms with van der Waals surface area (Å²) < 4.78 is 0. The van der Waals surface area contributed by atoms with Gasteiger partial charge in [0.2, 0.25) is 0 Å². The normalized spacial score (nSPS) is 20.4. The van der Waals surface area contributed by atoms with Gasteiger partial charge in [0.15, 0.2) is 0 Å². The Kier molecular flexibility index (Phi) is 9.68. The lowest BCUT2D eigenvalue weighted by molar-refractivity contribution is 0.280. The molecule has 0 radical (unpaired) electrons. The van der Waals surface area contributed by atoms with E-state index in [0.717, 1.165) is 42.3 Å². The van der Waals surface area contributed by atoms with E-state index < -0.39 is 0 Å². The molecular formula is C30H44ClN. The highest BCUT2D eigenvalue weighted by Crippen LogP contribution is 2.39. The smallest absolute Gasteiger partial charge is 0.0438 e. The maximum absolute atomic E-state index is 6.35. The van der Waals surface area contributed by atoms with Gasteiger partial charge in [-0.15, -0.1) is 0 Å². The molecule has 0 heterocycles. The van der Waals surface area contributed by atoms with Gasteiger partial charge in [0, 0.05) is 5.02 Å². The van der Waals surface area contributed by atoms with Gasteiger partial charge in [-0.05, 0) is 112 Å². The zero-order chi connectivity index (χ0) is 23.1. The third-order valence-corrected chi connectivity index (χ3v) is 8.14. The van der Waals surface area contributed by atoms with Crippen LogP contribution in [-0.4, -0.2) is 13.1 Å². The lowest BCUT2D eigenvalue weighted by Crippen LogP contribution is -2.30. The summed E-state index contributed by atoms with van der Waals surface area (Å²) >= 11 is 6.35. The van der Waals surface area contributed by atoms with Crippen LogP contribution in [0.15, 0.2) is 36.4 Å². The predicted molar refractivity (Wildman–Crippen MR) is 141 cm³/mol. The van der Waals surface area contributed by atoms with Gasteiger partial charge in [-0.1, -0.05) is 80.3 Å². The van der Waals surface area contributed by atoms with E-state index in [1.807, 2.05) is 6.07 Å². The van der Waals surface area contributed by atoms with Crippen LogP contribution in [0.5, 0.6) is 0 Å². The molecule has 1 aliphatic carbocycles. The van der Waals surface area contributed by atoms with E-state index in [-0.39, 0.29) is 0 Å². The third-order valence-electron chi connectivity index (χ3n) is 7.77. The number of fused-ring (bicyclic) bond motifs is 1. The summed E-state index contributed by atoms with van der Waals surface area (Å²) in [6, 6.07) is 13.5. The van der Waals surface area contributed by atoms with Crippen LogP contribution in [0.4, 0.5) is 0 Å². The number of benzene rings is 2. The summed E-state index contributed by atoms with van der Waals surface area (Å²) in [6.45, 7) is 14.0. The zero-order valence-corrected chi connectivity index (χ0v) is 21.8. The highest BCUT2D eigenvalue weighted by molar-refractivity contribution is 6.31. The second kappa shape index (κ2) is 12.2. The minimum Gasteiger partial charge on any atom is -0.316 e. The molecule has 0 aliphatic heterocycles. The van der Waals surface area contributed by atoms with Crippen molar-refractivity contribution in [3.63, 3.8) is 0 Å². The number of aryl methyl sites for hydroxylation is 4. The summed E-state index contributed by atoms with van der Waals surface area (Å²) in [7, 11) is 0. The van der Waals surface area contributed by atoms with Crippen LogP contribution in [0.2, 0.25) is 5.02 Å². The van der Waals surface area contributed by atoms with Gasteiger partial charge in [-0.3, -0.25) is 0 Å². The van der Waals surface area contributed by atoms with Gasteiger partial charge >= 0.3 is 0 Å². The van der Waals surface area contributed by atoms with Gasteiger partial charge < -0.3 is 5.32 Å². The molecule has 0 saturated carbocycles. The Labute approximate surface area is 202 Å². The first-order valence-corrected chi connectivity index (χ1v) is 13.3. The fourth-order valence-electron chi connectivity index (χ4n) is 5.69. The number of rotatable bonds is 10. The third kappa shape index (κ3) is 7.09. The average molecular weight is 454 g/mol. The molecule has 0 spiro atoms. The van der Waals surface area contributed by atoms with E-state index in [9.17, 15) is 0 Å². The van der Waals surface area contributed by atoms with Gasteiger partial charge in [0.25, 0.3) is 0 Å². The lowest BCUT2D eigenvalue weighted by Gasteiger charge is -2.29. The first-order valence-electron chi connectivity index (χ1n) is 12.9. The van der Waals surface area contributed by atoms with Crippen LogP contribution in [0.25, 0.3) is 0 Å². The SMILES string of the molecule is Cc1ccc(Cl)c(CCCC(C)CCNCC(C)C2CCCc3cc(C)ccc3C2C)c1. The Bertz CT molecular complexity index is 858. The maximum atomic E-state index is 6.35. The number of halogens is 1. The Balaban J connectivity index is 1.37. The Morgan fingerprint density at radius 1 is 1.03 bits per heavy atom. The van der Waals surface area contributed by atoms with E-state index in [0.29, 0.717) is 5.92 Å². The van der Waals surface area contributed by atoms with Gasteiger partial charge in [-0.2, -0.15) is 0 Å². The summed E-state index contributed by atoms with van der Waals surface area (Å²) in [5, 5.41) is 4.71. The monoisotopic (exact) mass is 453 g/mol. The molecular weight excluding hydrogens is 410 g/mol. The molecule has 0 fully saturated rings. The first kappa shape index (κ1) is 25.3. The zero-order valence-electron chi connectivity index (χ0n) is 21.0. The van der Waals surface area contributed by atoms with Gasteiger partial charge in [0.05, 0.1) is 0 Å². The van der Waals surface area contributed by atoms with Crippen LogP contribution >= 0.6 is 11.6 Å². The average Bonchev–Trinajstić information content (AvgIpc) is 2.92. The molecule has 1 N–H and O–H groups in total. The molecule has 0 aromatic heterocycles. The standard InChI is InChI=1S/C30H44ClN/c1-21(8-6-10-27-19-23(3)13-15-30(27)31)16-17-32-20-24(4)28-11-7-9-26-18-22(2)12-14-29(26)25(28)5/h12-15,18-19,21,24-25,28,32H,6-11,16-17,20H2,1-5H3. The molecule has 32 heavy (non-hydrogen) atoms. The van der Waals surface area contributed by atoms with Gasteiger partial charge in [-0.25, -0.2) is 0 Å². The number of hydrogen-bond acceptors (Lipinski definition) is 1. The summed E-state index contributed by atoms with van der Waals surface area (Å²) in [5.74, 6) is 2.92. The molecule has 176 valence electrons. The highest BCUT2D eigenvalue weighted by atomic mass is 35.5. The molecule has 4 unspecified atom stereocenters. The van der Waals surface area contributed by atoms with Crippen molar-refractivity contribution >= 4 is 11.6 Å². The topological polar surface area (TPSA) is 12.0 Å². The van der Waals surface area contributed by atoms with Crippen LogP contribution in [0.1, 0.15) is 86.6 Å².